The molecule has 1 unspecified atom stereocenters. The molecule has 2 N–H and O–H groups in total. The molecule has 0 aliphatic carbocycles. The van der Waals surface area contributed by atoms with Gasteiger partial charge in [0.25, 0.3) is 0 Å². The predicted molar refractivity (Wildman–Crippen MR) is 81.6 cm³/mol. The second kappa shape index (κ2) is 5.47. The minimum absolute atomic E-state index is 0.0303. The Morgan fingerprint density at radius 2 is 2.35 bits per heavy atom. The van der Waals surface area contributed by atoms with Gasteiger partial charge in [-0.1, -0.05) is 0 Å². The van der Waals surface area contributed by atoms with Gasteiger partial charge in [0.15, 0.2) is 11.6 Å². The number of hydrogen-bond acceptors (Lipinski definition) is 5. The minimum atomic E-state index is -0.442. The molecule has 3 aromatic rings. The first-order valence-electron chi connectivity index (χ1n) is 7.46. The van der Waals surface area contributed by atoms with E-state index in [9.17, 15) is 4.79 Å². The van der Waals surface area contributed by atoms with Crippen molar-refractivity contribution in [2.75, 3.05) is 13.2 Å². The topological polar surface area (TPSA) is 100 Å². The van der Waals surface area contributed by atoms with Gasteiger partial charge in [0.05, 0.1) is 24.6 Å². The molecule has 8 nitrogen and oxygen atoms in total. The van der Waals surface area contributed by atoms with Crippen molar-refractivity contribution in [3.63, 3.8) is 0 Å². The van der Waals surface area contributed by atoms with Crippen LogP contribution in [0.25, 0.3) is 16.9 Å². The summed E-state index contributed by atoms with van der Waals surface area (Å²) in [6, 6.07) is 5.98. The van der Waals surface area contributed by atoms with Crippen LogP contribution < -0.4 is 5.73 Å². The molecular weight excluding hydrogens is 296 g/mol. The lowest BCUT2D eigenvalue weighted by atomic mass is 10.2. The van der Waals surface area contributed by atoms with Crippen molar-refractivity contribution >= 4 is 11.4 Å². The average Bonchev–Trinajstić information content (AvgIpc) is 3.25. The lowest BCUT2D eigenvalue weighted by molar-refractivity contribution is -0.117. The third-order valence-electron chi connectivity index (χ3n) is 3.92. The molecular formula is C15H16N6O2. The van der Waals surface area contributed by atoms with Gasteiger partial charge in [0.1, 0.15) is 0 Å². The van der Waals surface area contributed by atoms with Crippen molar-refractivity contribution in [3.8, 4) is 11.4 Å². The van der Waals surface area contributed by atoms with Crippen LogP contribution in [0.3, 0.4) is 0 Å². The Bertz CT molecular complexity index is 862. The Hall–Kier alpha value is -2.74. The van der Waals surface area contributed by atoms with Crippen LogP contribution in [0, 0.1) is 0 Å². The van der Waals surface area contributed by atoms with Crippen LogP contribution in [0.15, 0.2) is 30.6 Å². The van der Waals surface area contributed by atoms with Crippen molar-refractivity contribution < 1.29 is 9.53 Å². The van der Waals surface area contributed by atoms with Gasteiger partial charge in [-0.15, -0.1) is 0 Å². The second-order valence-electron chi connectivity index (χ2n) is 5.57. The van der Waals surface area contributed by atoms with Crippen molar-refractivity contribution in [3.05, 3.63) is 36.4 Å². The highest BCUT2D eigenvalue weighted by Gasteiger charge is 2.24. The van der Waals surface area contributed by atoms with Gasteiger partial charge in [-0.25, -0.2) is 14.2 Å². The summed E-state index contributed by atoms with van der Waals surface area (Å²) < 4.78 is 9.10. The number of carbonyl (C=O) groups is 1. The molecule has 4 rings (SSSR count). The van der Waals surface area contributed by atoms with E-state index in [0.29, 0.717) is 19.0 Å². The lowest BCUT2D eigenvalue weighted by Gasteiger charge is -2.11. The zero-order chi connectivity index (χ0) is 15.8. The normalized spacial score (nSPS) is 17.8. The van der Waals surface area contributed by atoms with Crippen molar-refractivity contribution in [1.29, 1.82) is 0 Å². The quantitative estimate of drug-likeness (QED) is 0.759. The SMILES string of the molecule is NC(=O)Cc1nc(-c2ccn3nccc3c2)n(C2CCOC2)n1. The van der Waals surface area contributed by atoms with E-state index in [1.54, 1.807) is 10.7 Å². The maximum absolute atomic E-state index is 11.2. The number of primary amides is 1. The van der Waals surface area contributed by atoms with E-state index in [1.165, 1.54) is 0 Å². The Kier molecular flexibility index (Phi) is 3.30. The van der Waals surface area contributed by atoms with Crippen LogP contribution in [0.2, 0.25) is 0 Å². The number of carbonyl (C=O) groups excluding carboxylic acids is 1. The molecule has 0 radical (unpaired) electrons. The monoisotopic (exact) mass is 312 g/mol. The van der Waals surface area contributed by atoms with E-state index in [-0.39, 0.29) is 12.5 Å². The molecule has 1 atom stereocenters. The first-order chi connectivity index (χ1) is 11.2. The van der Waals surface area contributed by atoms with Crippen LogP contribution in [0.4, 0.5) is 0 Å². The molecule has 1 amide bonds. The van der Waals surface area contributed by atoms with E-state index in [2.05, 4.69) is 15.2 Å². The standard InChI is InChI=1S/C15H16N6O2/c16-13(22)8-14-18-15(21(19-14)12-3-6-23-9-12)10-2-5-20-11(7-10)1-4-17-20/h1-2,4-5,7,12H,3,6,8-9H2,(H2,16,22). The summed E-state index contributed by atoms with van der Waals surface area (Å²) in [5.41, 5.74) is 7.16. The number of pyridine rings is 1. The Morgan fingerprint density at radius 3 is 3.13 bits per heavy atom. The molecule has 1 saturated heterocycles. The van der Waals surface area contributed by atoms with Crippen molar-refractivity contribution in [2.45, 2.75) is 18.9 Å². The summed E-state index contributed by atoms with van der Waals surface area (Å²) in [6.45, 7) is 1.30. The van der Waals surface area contributed by atoms with Crippen LogP contribution in [0.1, 0.15) is 18.3 Å². The van der Waals surface area contributed by atoms with Gasteiger partial charge in [0.2, 0.25) is 5.91 Å². The number of nitrogens with zero attached hydrogens (tertiary/aromatic N) is 5. The van der Waals surface area contributed by atoms with Crippen LogP contribution in [-0.4, -0.2) is 43.5 Å². The van der Waals surface area contributed by atoms with Gasteiger partial charge in [-0.05, 0) is 24.6 Å². The Labute approximate surface area is 131 Å². The number of fused-ring (bicyclic) bond motifs is 1. The third kappa shape index (κ3) is 2.57. The molecule has 118 valence electrons. The molecule has 1 aliphatic rings. The van der Waals surface area contributed by atoms with E-state index in [1.807, 2.05) is 29.1 Å². The largest absolute Gasteiger partial charge is 0.379 e. The van der Waals surface area contributed by atoms with E-state index >= 15 is 0 Å². The summed E-state index contributed by atoms with van der Waals surface area (Å²) >= 11 is 0. The maximum atomic E-state index is 11.2. The zero-order valence-corrected chi connectivity index (χ0v) is 12.4. The highest BCUT2D eigenvalue weighted by atomic mass is 16.5. The summed E-state index contributed by atoms with van der Waals surface area (Å²) in [5.74, 6) is 0.718. The summed E-state index contributed by atoms with van der Waals surface area (Å²) in [5, 5.41) is 8.67. The van der Waals surface area contributed by atoms with E-state index in [0.717, 1.165) is 23.3 Å². The molecule has 0 spiro atoms. The number of ether oxygens (including phenoxy) is 1. The van der Waals surface area contributed by atoms with Gasteiger partial charge < -0.3 is 10.5 Å². The fourth-order valence-corrected chi connectivity index (χ4v) is 2.83. The molecule has 4 heterocycles. The summed E-state index contributed by atoms with van der Waals surface area (Å²) in [7, 11) is 0. The van der Waals surface area contributed by atoms with Gasteiger partial charge in [0, 0.05) is 24.6 Å². The predicted octanol–water partition coefficient (Wildman–Crippen LogP) is 0.582. The molecule has 8 heteroatoms. The van der Waals surface area contributed by atoms with Gasteiger partial charge >= 0.3 is 0 Å². The Balaban J connectivity index is 1.80. The third-order valence-corrected chi connectivity index (χ3v) is 3.92. The van der Waals surface area contributed by atoms with Crippen molar-refractivity contribution in [2.24, 2.45) is 5.73 Å². The second-order valence-corrected chi connectivity index (χ2v) is 5.57. The molecule has 1 fully saturated rings. The highest BCUT2D eigenvalue weighted by Crippen LogP contribution is 2.26. The van der Waals surface area contributed by atoms with E-state index in [4.69, 9.17) is 10.5 Å². The number of aromatic nitrogens is 5. The molecule has 3 aromatic heterocycles. The molecule has 0 saturated carbocycles. The summed E-state index contributed by atoms with van der Waals surface area (Å²) in [6.07, 6.45) is 4.53. The smallest absolute Gasteiger partial charge is 0.225 e. The van der Waals surface area contributed by atoms with E-state index < -0.39 is 5.91 Å². The number of hydrogen-bond donors (Lipinski definition) is 1. The number of nitrogens with two attached hydrogens (primary N) is 1. The van der Waals surface area contributed by atoms with Gasteiger partial charge in [-0.3, -0.25) is 4.79 Å². The van der Waals surface area contributed by atoms with Gasteiger partial charge in [-0.2, -0.15) is 10.2 Å². The average molecular weight is 312 g/mol. The highest BCUT2D eigenvalue weighted by molar-refractivity contribution is 5.76. The number of rotatable bonds is 4. The molecule has 23 heavy (non-hydrogen) atoms. The fourth-order valence-electron chi connectivity index (χ4n) is 2.83. The Morgan fingerprint density at radius 1 is 1.43 bits per heavy atom. The van der Waals surface area contributed by atoms with Crippen molar-refractivity contribution in [1.82, 2.24) is 24.4 Å². The molecule has 0 bridgehead atoms. The molecule has 0 aromatic carbocycles. The molecule has 1 aliphatic heterocycles. The maximum Gasteiger partial charge on any atom is 0.225 e. The van der Waals surface area contributed by atoms with Crippen LogP contribution >= 0.6 is 0 Å². The number of amides is 1. The lowest BCUT2D eigenvalue weighted by Crippen LogP contribution is -2.16. The van der Waals surface area contributed by atoms with Crippen LogP contribution in [-0.2, 0) is 16.0 Å². The first-order valence-corrected chi connectivity index (χ1v) is 7.46. The minimum Gasteiger partial charge on any atom is -0.379 e. The zero-order valence-electron chi connectivity index (χ0n) is 12.4. The fraction of sp³-hybridized carbons (Fsp3) is 0.333. The van der Waals surface area contributed by atoms with Crippen LogP contribution in [0.5, 0.6) is 0 Å². The summed E-state index contributed by atoms with van der Waals surface area (Å²) in [4.78, 5) is 15.7. The first kappa shape index (κ1) is 13.9.